The molecule has 0 heterocycles. The molecule has 0 nitrogen and oxygen atoms in total. The lowest BCUT2D eigenvalue weighted by atomic mass is 10.1. The fourth-order valence-corrected chi connectivity index (χ4v) is 1.35. The van der Waals surface area contributed by atoms with Crippen LogP contribution in [0.4, 0.5) is 0 Å². The van der Waals surface area contributed by atoms with Crippen LogP contribution in [0.25, 0.3) is 0 Å². The molecule has 1 aromatic carbocycles. The molecule has 0 saturated carbocycles. The zero-order chi connectivity index (χ0) is 8.97. The maximum Gasteiger partial charge on any atom is 0.0619 e. The number of halogens is 2. The van der Waals surface area contributed by atoms with Crippen molar-refractivity contribution in [2.45, 2.75) is 11.8 Å². The first-order valence-corrected chi connectivity index (χ1v) is 4.56. The first-order valence-electron chi connectivity index (χ1n) is 3.74. The quantitative estimate of drug-likeness (QED) is 0.507. The van der Waals surface area contributed by atoms with Crippen LogP contribution in [0.5, 0.6) is 0 Å². The van der Waals surface area contributed by atoms with Gasteiger partial charge in [0.15, 0.2) is 0 Å². The number of allylic oxidation sites excluding steroid dienone is 1. The van der Waals surface area contributed by atoms with Crippen LogP contribution in [0, 0.1) is 0 Å². The van der Waals surface area contributed by atoms with E-state index in [1.807, 2.05) is 30.3 Å². The van der Waals surface area contributed by atoms with E-state index in [0.717, 1.165) is 17.0 Å². The molecule has 1 unspecified atom stereocenters. The first kappa shape index (κ1) is 9.63. The minimum atomic E-state index is 0.0137. The molecular weight excluding hydrogens is 191 g/mol. The topological polar surface area (TPSA) is 0 Å². The molecule has 0 aliphatic heterocycles. The van der Waals surface area contributed by atoms with Gasteiger partial charge in [0.2, 0.25) is 0 Å². The van der Waals surface area contributed by atoms with E-state index in [2.05, 4.69) is 6.58 Å². The highest BCUT2D eigenvalue weighted by molar-refractivity contribution is 6.30. The molecule has 0 spiro atoms. The van der Waals surface area contributed by atoms with Crippen molar-refractivity contribution in [1.82, 2.24) is 0 Å². The molecule has 1 rings (SSSR count). The van der Waals surface area contributed by atoms with Crippen LogP contribution in [0.1, 0.15) is 17.4 Å². The minimum Gasteiger partial charge on any atom is -0.117 e. The summed E-state index contributed by atoms with van der Waals surface area (Å²) in [5.41, 5.74) is 1.08. The Bertz CT molecular complexity index is 251. The molecule has 0 aromatic heterocycles. The Morgan fingerprint density at radius 2 is 1.92 bits per heavy atom. The maximum atomic E-state index is 6.04. The molecule has 12 heavy (non-hydrogen) atoms. The third-order valence-electron chi connectivity index (χ3n) is 1.61. The van der Waals surface area contributed by atoms with Crippen molar-refractivity contribution in [2.75, 3.05) is 0 Å². The molecule has 0 amide bonds. The summed E-state index contributed by atoms with van der Waals surface area (Å²) in [4.78, 5) is 0. The van der Waals surface area contributed by atoms with Gasteiger partial charge >= 0.3 is 0 Å². The van der Waals surface area contributed by atoms with Crippen LogP contribution in [0.3, 0.4) is 0 Å². The summed E-state index contributed by atoms with van der Waals surface area (Å²) in [5, 5.41) is 0.751. The van der Waals surface area contributed by atoms with Gasteiger partial charge in [0.1, 0.15) is 0 Å². The van der Waals surface area contributed by atoms with Gasteiger partial charge in [-0.1, -0.05) is 29.8 Å². The van der Waals surface area contributed by atoms with E-state index in [4.69, 9.17) is 23.2 Å². The standard InChI is InChI=1S/C10H10Cl2/c1-2-3-10(12)8-4-6-9(11)7-5-8/h2,4-7,10H,1,3H2. The van der Waals surface area contributed by atoms with Crippen molar-refractivity contribution in [3.05, 3.63) is 47.5 Å². The SMILES string of the molecule is C=CCC(Cl)c1ccc(Cl)cc1. The number of benzene rings is 1. The van der Waals surface area contributed by atoms with E-state index in [9.17, 15) is 0 Å². The monoisotopic (exact) mass is 200 g/mol. The van der Waals surface area contributed by atoms with E-state index in [1.54, 1.807) is 0 Å². The second-order valence-corrected chi connectivity index (χ2v) is 3.51. The van der Waals surface area contributed by atoms with Crippen molar-refractivity contribution in [1.29, 1.82) is 0 Å². The largest absolute Gasteiger partial charge is 0.117 e. The molecule has 64 valence electrons. The maximum absolute atomic E-state index is 6.04. The highest BCUT2D eigenvalue weighted by atomic mass is 35.5. The Hall–Kier alpha value is -0.460. The summed E-state index contributed by atoms with van der Waals surface area (Å²) in [5.74, 6) is 0. The molecule has 0 bridgehead atoms. The number of hydrogen-bond acceptors (Lipinski definition) is 0. The smallest absolute Gasteiger partial charge is 0.0619 e. The van der Waals surface area contributed by atoms with E-state index in [1.165, 1.54) is 0 Å². The van der Waals surface area contributed by atoms with Gasteiger partial charge in [-0.05, 0) is 24.1 Å². The van der Waals surface area contributed by atoms with Crippen molar-refractivity contribution in [3.63, 3.8) is 0 Å². The van der Waals surface area contributed by atoms with E-state index < -0.39 is 0 Å². The fraction of sp³-hybridized carbons (Fsp3) is 0.200. The first-order chi connectivity index (χ1) is 5.74. The summed E-state index contributed by atoms with van der Waals surface area (Å²) in [7, 11) is 0. The summed E-state index contributed by atoms with van der Waals surface area (Å²) < 4.78 is 0. The Kier molecular flexibility index (Phi) is 3.64. The van der Waals surface area contributed by atoms with Crippen molar-refractivity contribution >= 4 is 23.2 Å². The molecule has 0 aliphatic carbocycles. The minimum absolute atomic E-state index is 0.0137. The second-order valence-electron chi connectivity index (χ2n) is 2.54. The molecule has 0 aliphatic rings. The Morgan fingerprint density at radius 3 is 2.42 bits per heavy atom. The third kappa shape index (κ3) is 2.54. The molecular formula is C10H10Cl2. The average molecular weight is 201 g/mol. The Labute approximate surface area is 82.8 Å². The molecule has 0 radical (unpaired) electrons. The second kappa shape index (κ2) is 4.54. The van der Waals surface area contributed by atoms with Gasteiger partial charge in [-0.15, -0.1) is 18.2 Å². The van der Waals surface area contributed by atoms with E-state index >= 15 is 0 Å². The number of alkyl halides is 1. The van der Waals surface area contributed by atoms with Gasteiger partial charge in [-0.25, -0.2) is 0 Å². The molecule has 0 N–H and O–H groups in total. The zero-order valence-electron chi connectivity index (χ0n) is 6.63. The lowest BCUT2D eigenvalue weighted by Gasteiger charge is -2.05. The van der Waals surface area contributed by atoms with Gasteiger partial charge in [-0.3, -0.25) is 0 Å². The van der Waals surface area contributed by atoms with Gasteiger partial charge < -0.3 is 0 Å². The summed E-state index contributed by atoms with van der Waals surface area (Å²) in [6, 6.07) is 7.55. The van der Waals surface area contributed by atoms with Crippen LogP contribution >= 0.6 is 23.2 Å². The lowest BCUT2D eigenvalue weighted by molar-refractivity contribution is 0.959. The summed E-state index contributed by atoms with van der Waals surface area (Å²) in [6.07, 6.45) is 2.59. The van der Waals surface area contributed by atoms with Crippen LogP contribution in [0.2, 0.25) is 5.02 Å². The van der Waals surface area contributed by atoms with Gasteiger partial charge in [0.25, 0.3) is 0 Å². The van der Waals surface area contributed by atoms with Crippen LogP contribution < -0.4 is 0 Å². The highest BCUT2D eigenvalue weighted by Crippen LogP contribution is 2.25. The third-order valence-corrected chi connectivity index (χ3v) is 2.29. The van der Waals surface area contributed by atoms with Gasteiger partial charge in [0, 0.05) is 5.02 Å². The van der Waals surface area contributed by atoms with Gasteiger partial charge in [0.05, 0.1) is 5.38 Å². The molecule has 0 saturated heterocycles. The highest BCUT2D eigenvalue weighted by Gasteiger charge is 2.04. The van der Waals surface area contributed by atoms with Crippen molar-refractivity contribution < 1.29 is 0 Å². The van der Waals surface area contributed by atoms with Crippen LogP contribution in [-0.4, -0.2) is 0 Å². The predicted molar refractivity (Wildman–Crippen MR) is 54.9 cm³/mol. The Morgan fingerprint density at radius 1 is 1.33 bits per heavy atom. The zero-order valence-corrected chi connectivity index (χ0v) is 8.15. The summed E-state index contributed by atoms with van der Waals surface area (Å²) in [6.45, 7) is 3.63. The molecule has 2 heteroatoms. The fourth-order valence-electron chi connectivity index (χ4n) is 0.954. The number of rotatable bonds is 3. The normalized spacial score (nSPS) is 12.5. The molecule has 0 fully saturated rings. The number of hydrogen-bond donors (Lipinski definition) is 0. The van der Waals surface area contributed by atoms with Crippen LogP contribution in [-0.2, 0) is 0 Å². The molecule has 1 aromatic rings. The van der Waals surface area contributed by atoms with Crippen LogP contribution in [0.15, 0.2) is 36.9 Å². The Balaban J connectivity index is 2.74. The lowest BCUT2D eigenvalue weighted by Crippen LogP contribution is -1.86. The van der Waals surface area contributed by atoms with Crippen molar-refractivity contribution in [3.8, 4) is 0 Å². The molecule has 1 atom stereocenters. The van der Waals surface area contributed by atoms with Crippen molar-refractivity contribution in [2.24, 2.45) is 0 Å². The van der Waals surface area contributed by atoms with Gasteiger partial charge in [-0.2, -0.15) is 0 Å². The average Bonchev–Trinajstić information content (AvgIpc) is 2.06. The van der Waals surface area contributed by atoms with E-state index in [-0.39, 0.29) is 5.38 Å². The predicted octanol–water partition coefficient (Wildman–Crippen LogP) is 4.20. The van der Waals surface area contributed by atoms with E-state index in [0.29, 0.717) is 0 Å². The summed E-state index contributed by atoms with van der Waals surface area (Å²) >= 11 is 11.8.